The quantitative estimate of drug-likeness (QED) is 0.0387. The summed E-state index contributed by atoms with van der Waals surface area (Å²) in [6, 6.07) is 9.31. The molecule has 1 heterocycles. The molecule has 0 N–H and O–H groups in total. The average molecular weight is 918 g/mol. The zero-order valence-corrected chi connectivity index (χ0v) is 30.4. The van der Waals surface area contributed by atoms with Gasteiger partial charge in [-0.25, -0.2) is 92.8 Å². The van der Waals surface area contributed by atoms with E-state index in [9.17, 15) is 57.5 Å². The van der Waals surface area contributed by atoms with Crippen LogP contribution in [0.3, 0.4) is 0 Å². The topological polar surface area (TPSA) is 33.8 Å². The molecular formula is C39H15BF20N2O. The van der Waals surface area contributed by atoms with Crippen LogP contribution in [0.2, 0.25) is 0 Å². The molecule has 0 saturated heterocycles. The summed E-state index contributed by atoms with van der Waals surface area (Å²) in [6.45, 7) is 2.27. The normalized spacial score (nSPS) is 11.6. The zero-order valence-electron chi connectivity index (χ0n) is 30.4. The SMILES string of the molecule is CC=Cc1c[n+](CC(=O)c2ccccc2)ccn1.Fc1c(F)c(F)c([B-](c2c(F)c(F)c(F)c(F)c2F)(c2c(F)c(F)c(F)c(F)c2F)c2c(F)c(F)c(F)c(F)c2F)c(F)c1F. The minimum Gasteiger partial charge on any atom is -0.287 e. The number of ketones is 1. The van der Waals surface area contributed by atoms with Crippen molar-refractivity contribution >= 4 is 39.9 Å². The van der Waals surface area contributed by atoms with Gasteiger partial charge in [0.2, 0.25) is 12.3 Å². The van der Waals surface area contributed by atoms with E-state index in [1.165, 1.54) is 0 Å². The zero-order chi connectivity index (χ0) is 47.2. The number of benzene rings is 5. The van der Waals surface area contributed by atoms with Gasteiger partial charge < -0.3 is 0 Å². The van der Waals surface area contributed by atoms with Gasteiger partial charge in [-0.1, -0.05) is 36.4 Å². The minimum atomic E-state index is -7.22. The van der Waals surface area contributed by atoms with Crippen LogP contribution >= 0.6 is 0 Å². The number of aromatic nitrogens is 2. The number of hydrogen-bond acceptors (Lipinski definition) is 2. The van der Waals surface area contributed by atoms with E-state index in [0.717, 1.165) is 11.3 Å². The molecule has 0 aliphatic heterocycles. The van der Waals surface area contributed by atoms with E-state index < -0.39 is 144 Å². The third-order valence-electron chi connectivity index (χ3n) is 9.25. The molecule has 0 spiro atoms. The van der Waals surface area contributed by atoms with E-state index >= 15 is 35.1 Å². The summed E-state index contributed by atoms with van der Waals surface area (Å²) < 4.78 is 296. The maximum absolute atomic E-state index is 15.4. The molecule has 5 aromatic carbocycles. The number of carbonyl (C=O) groups is 1. The summed E-state index contributed by atoms with van der Waals surface area (Å²) >= 11 is 0. The second kappa shape index (κ2) is 17.9. The third kappa shape index (κ3) is 7.74. The van der Waals surface area contributed by atoms with Crippen molar-refractivity contribution in [2.45, 2.75) is 13.5 Å². The van der Waals surface area contributed by atoms with E-state index in [1.807, 2.05) is 60.2 Å². The molecule has 0 fully saturated rings. The summed E-state index contributed by atoms with van der Waals surface area (Å²) in [5.41, 5.74) is -12.8. The molecular weight excluding hydrogens is 903 g/mol. The number of allylic oxidation sites excluding steroid dienone is 1. The largest absolute Gasteiger partial charge is 0.287 e. The molecule has 6 rings (SSSR count). The first-order valence-electron chi connectivity index (χ1n) is 16.8. The van der Waals surface area contributed by atoms with Gasteiger partial charge in [-0.3, -0.25) is 4.79 Å². The second-order valence-corrected chi connectivity index (χ2v) is 12.7. The maximum Gasteiger partial charge on any atom is 0.227 e. The van der Waals surface area contributed by atoms with Crippen LogP contribution in [-0.2, 0) is 6.54 Å². The lowest BCUT2D eigenvalue weighted by Gasteiger charge is -2.44. The first-order valence-corrected chi connectivity index (χ1v) is 16.8. The molecule has 3 nitrogen and oxygen atoms in total. The van der Waals surface area contributed by atoms with Gasteiger partial charge in [0.1, 0.15) is 58.4 Å². The highest BCUT2D eigenvalue weighted by Crippen LogP contribution is 2.30. The van der Waals surface area contributed by atoms with Crippen LogP contribution in [0.1, 0.15) is 23.0 Å². The molecule has 1 aromatic heterocycles. The number of carbonyl (C=O) groups excluding carboxylic acids is 1. The predicted octanol–water partition coefficient (Wildman–Crippen LogP) is 8.13. The van der Waals surface area contributed by atoms with Crippen molar-refractivity contribution in [1.29, 1.82) is 0 Å². The van der Waals surface area contributed by atoms with Crippen LogP contribution in [0, 0.1) is 116 Å². The molecule has 0 saturated carbocycles. The standard InChI is InChI=1S/C24BF20.C15H15N2O/c26-5-1(6(27)14(35)21(42)13(5)34)25(2-7(28)15(36)22(43)16(37)8(2)29,3-9(30)17(38)23(44)18(39)10(3)31)4-11(32)19(40)24(45)20(41)12(4)33;1-2-6-14-11-17(10-9-16-14)12-15(18)13-7-4-3-5-8-13/h;2-11H,12H2,1H3/q-1;+1. The smallest absolute Gasteiger partial charge is 0.227 e. The van der Waals surface area contributed by atoms with Gasteiger partial charge in [-0.05, 0) is 13.0 Å². The fraction of sp³-hybridized carbons (Fsp3) is 0.0513. The minimum absolute atomic E-state index is 0.0956. The molecule has 24 heteroatoms. The Morgan fingerprint density at radius 1 is 0.476 bits per heavy atom. The van der Waals surface area contributed by atoms with Crippen molar-refractivity contribution < 1.29 is 97.2 Å². The lowest BCUT2D eigenvalue weighted by molar-refractivity contribution is -0.683. The Bertz CT molecular complexity index is 2470. The van der Waals surface area contributed by atoms with E-state index in [1.54, 1.807) is 12.4 Å². The first-order chi connectivity index (χ1) is 29.5. The van der Waals surface area contributed by atoms with Crippen molar-refractivity contribution in [1.82, 2.24) is 4.98 Å². The molecule has 330 valence electrons. The van der Waals surface area contributed by atoms with Crippen LogP contribution < -0.4 is 26.4 Å². The van der Waals surface area contributed by atoms with Crippen LogP contribution in [0.4, 0.5) is 87.8 Å². The molecule has 0 aliphatic carbocycles. The molecule has 0 aliphatic rings. The molecule has 0 bridgehead atoms. The molecule has 63 heavy (non-hydrogen) atoms. The van der Waals surface area contributed by atoms with E-state index in [0.29, 0.717) is 6.54 Å². The highest BCUT2D eigenvalue weighted by Gasteiger charge is 2.52. The van der Waals surface area contributed by atoms with Crippen molar-refractivity contribution in [3.05, 3.63) is 183 Å². The Kier molecular flexibility index (Phi) is 13.5. The number of Topliss-reactive ketones (excluding diaryl/α,β-unsaturated/α-hetero) is 1. The highest BCUT2D eigenvalue weighted by atomic mass is 19.2. The van der Waals surface area contributed by atoms with E-state index in [-0.39, 0.29) is 5.78 Å². The summed E-state index contributed by atoms with van der Waals surface area (Å²) in [4.78, 5) is 16.2. The fourth-order valence-electron chi connectivity index (χ4n) is 6.56. The van der Waals surface area contributed by atoms with E-state index in [2.05, 4.69) is 4.98 Å². The average Bonchev–Trinajstić information content (AvgIpc) is 3.27. The van der Waals surface area contributed by atoms with Crippen molar-refractivity contribution in [2.24, 2.45) is 0 Å². The highest BCUT2D eigenvalue weighted by molar-refractivity contribution is 7.20. The van der Waals surface area contributed by atoms with Gasteiger partial charge in [0.25, 0.3) is 0 Å². The molecule has 0 radical (unpaired) electrons. The molecule has 0 unspecified atom stereocenters. The number of halogens is 20. The lowest BCUT2D eigenvalue weighted by atomic mass is 9.12. The van der Waals surface area contributed by atoms with E-state index in [4.69, 9.17) is 0 Å². The van der Waals surface area contributed by atoms with Crippen LogP contribution in [-0.4, -0.2) is 16.9 Å². The van der Waals surface area contributed by atoms with Crippen LogP contribution in [0.25, 0.3) is 6.08 Å². The van der Waals surface area contributed by atoms with Gasteiger partial charge in [0.15, 0.2) is 82.2 Å². The Morgan fingerprint density at radius 2 is 0.762 bits per heavy atom. The Balaban J connectivity index is 0.000000345. The number of hydrogen-bond donors (Lipinski definition) is 0. The van der Waals surface area contributed by atoms with Crippen LogP contribution in [0.5, 0.6) is 0 Å². The Labute approximate surface area is 338 Å². The second-order valence-electron chi connectivity index (χ2n) is 12.7. The Morgan fingerprint density at radius 3 is 1.05 bits per heavy atom. The molecule has 6 aromatic rings. The summed E-state index contributed by atoms with van der Waals surface area (Å²) in [6.07, 6.45) is 1.97. The fourth-order valence-corrected chi connectivity index (χ4v) is 6.56. The van der Waals surface area contributed by atoms with Crippen LogP contribution in [0.15, 0.2) is 55.0 Å². The number of rotatable bonds is 8. The van der Waals surface area contributed by atoms with Crippen molar-refractivity contribution in [3.8, 4) is 0 Å². The number of nitrogens with zero attached hydrogens (tertiary/aromatic N) is 2. The van der Waals surface area contributed by atoms with Gasteiger partial charge in [0, 0.05) is 5.56 Å². The van der Waals surface area contributed by atoms with Gasteiger partial charge in [-0.15, -0.1) is 21.9 Å². The van der Waals surface area contributed by atoms with Gasteiger partial charge >= 0.3 is 0 Å². The summed E-state index contributed by atoms with van der Waals surface area (Å²) in [5, 5.41) is 0. The third-order valence-corrected chi connectivity index (χ3v) is 9.25. The van der Waals surface area contributed by atoms with Crippen molar-refractivity contribution in [2.75, 3.05) is 0 Å². The summed E-state index contributed by atoms with van der Waals surface area (Å²) in [5.74, 6) is -71.3. The first kappa shape index (κ1) is 47.3. The maximum atomic E-state index is 15.4. The Hall–Kier alpha value is -6.75. The van der Waals surface area contributed by atoms with Crippen molar-refractivity contribution in [3.63, 3.8) is 0 Å². The summed E-state index contributed by atoms with van der Waals surface area (Å²) in [7, 11) is 0. The molecule has 0 atom stereocenters. The van der Waals surface area contributed by atoms with Gasteiger partial charge in [-0.2, -0.15) is 4.57 Å². The monoisotopic (exact) mass is 918 g/mol. The van der Waals surface area contributed by atoms with Gasteiger partial charge in [0.05, 0.1) is 6.20 Å². The predicted molar refractivity (Wildman–Crippen MR) is 179 cm³/mol. The lowest BCUT2D eigenvalue weighted by Crippen LogP contribution is -2.81. The molecule has 0 amide bonds.